The van der Waals surface area contributed by atoms with Gasteiger partial charge in [0.1, 0.15) is 11.6 Å². The van der Waals surface area contributed by atoms with E-state index in [1.807, 2.05) is 13.3 Å². The van der Waals surface area contributed by atoms with Gasteiger partial charge >= 0.3 is 0 Å². The van der Waals surface area contributed by atoms with Gasteiger partial charge in [0.2, 0.25) is 0 Å². The van der Waals surface area contributed by atoms with E-state index in [1.165, 1.54) is 23.3 Å². The maximum Gasteiger partial charge on any atom is 0.186 e. The van der Waals surface area contributed by atoms with Crippen LogP contribution in [0, 0.1) is 11.6 Å². The van der Waals surface area contributed by atoms with Crippen LogP contribution in [0.5, 0.6) is 0 Å². The molecule has 0 aliphatic carbocycles. The Morgan fingerprint density at radius 1 is 1.13 bits per heavy atom. The molecular weight excluding hydrogens is 419 g/mol. The summed E-state index contributed by atoms with van der Waals surface area (Å²) in [4.78, 5) is 8.61. The normalized spacial score (nSPS) is 11.5. The zero-order valence-corrected chi connectivity index (χ0v) is 18.2. The summed E-state index contributed by atoms with van der Waals surface area (Å²) in [6.45, 7) is 3.99. The number of fused-ring (bicyclic) bond motifs is 1. The monoisotopic (exact) mass is 441 g/mol. The van der Waals surface area contributed by atoms with Gasteiger partial charge in [0.15, 0.2) is 11.6 Å². The molecule has 4 rings (SSSR count). The molecule has 4 N–H and O–H groups in total. The molecule has 0 saturated heterocycles. The van der Waals surface area contributed by atoms with Crippen molar-refractivity contribution >= 4 is 35.8 Å². The lowest BCUT2D eigenvalue weighted by atomic mass is 10.1. The molecule has 7 nitrogen and oxygen atoms in total. The fourth-order valence-corrected chi connectivity index (χ4v) is 4.23. The van der Waals surface area contributed by atoms with Crippen molar-refractivity contribution in [2.75, 3.05) is 24.1 Å². The second kappa shape index (κ2) is 8.17. The minimum absolute atomic E-state index is 0.0161. The Kier molecular flexibility index (Phi) is 5.56. The average molecular weight is 441 g/mol. The van der Waals surface area contributed by atoms with E-state index < -0.39 is 13.7 Å². The lowest BCUT2D eigenvalue weighted by Crippen LogP contribution is -2.32. The zero-order chi connectivity index (χ0) is 22.3. The highest BCUT2D eigenvalue weighted by atomic mass is 31.1. The molecule has 0 bridgehead atoms. The molecule has 10 heteroatoms. The molecule has 0 fully saturated rings. The number of aromatic nitrogens is 4. The molecule has 31 heavy (non-hydrogen) atoms. The van der Waals surface area contributed by atoms with Crippen LogP contribution in [-0.4, -0.2) is 33.1 Å². The third kappa shape index (κ3) is 4.19. The van der Waals surface area contributed by atoms with E-state index >= 15 is 0 Å². The molecule has 0 amide bonds. The third-order valence-electron chi connectivity index (χ3n) is 4.91. The van der Waals surface area contributed by atoms with Crippen molar-refractivity contribution in [3.05, 3.63) is 59.9 Å². The summed E-state index contributed by atoms with van der Waals surface area (Å²) in [6.07, 6.45) is 3.26. The van der Waals surface area contributed by atoms with Gasteiger partial charge in [-0.25, -0.2) is 24.6 Å². The lowest BCUT2D eigenvalue weighted by molar-refractivity contribution is 0.606. The minimum atomic E-state index is -0.563. The van der Waals surface area contributed by atoms with E-state index in [1.54, 1.807) is 36.1 Å². The van der Waals surface area contributed by atoms with Crippen molar-refractivity contribution in [2.45, 2.75) is 6.54 Å². The quantitative estimate of drug-likeness (QED) is 0.281. The first-order valence-electron chi connectivity index (χ1n) is 9.46. The first-order valence-corrected chi connectivity index (χ1v) is 11.7. The number of aryl methyl sites for hydroxylation is 1. The van der Waals surface area contributed by atoms with Crippen LogP contribution < -0.4 is 21.9 Å². The molecule has 0 saturated carbocycles. The SMILES string of the molecule is Cn1cc2cc(CN(N)c3nc(-c4ccc(P(C)C)c(F)c4)cnc3N)c(F)cc2n1. The molecule has 0 spiro atoms. The largest absolute Gasteiger partial charge is 0.381 e. The standard InChI is InChI=1S/C21H22F2N7P/c1-29-10-14-6-13(15(22)8-17(14)28-29)11-30(25)21-20(24)26-9-18(27-21)12-4-5-19(31(2)3)16(23)7-12/h4-10H,11,25H2,1-3H3,(H2,24,26). The predicted octanol–water partition coefficient (Wildman–Crippen LogP) is 3.14. The summed E-state index contributed by atoms with van der Waals surface area (Å²) in [7, 11) is 1.21. The van der Waals surface area contributed by atoms with E-state index in [2.05, 4.69) is 15.1 Å². The van der Waals surface area contributed by atoms with Crippen LogP contribution in [0.4, 0.5) is 20.4 Å². The van der Waals surface area contributed by atoms with Gasteiger partial charge in [-0.1, -0.05) is 20.1 Å². The van der Waals surface area contributed by atoms with E-state index in [0.29, 0.717) is 27.6 Å². The zero-order valence-electron chi connectivity index (χ0n) is 17.3. The predicted molar refractivity (Wildman–Crippen MR) is 121 cm³/mol. The number of benzene rings is 2. The molecule has 0 unspecified atom stereocenters. The Morgan fingerprint density at radius 3 is 2.61 bits per heavy atom. The van der Waals surface area contributed by atoms with Crippen molar-refractivity contribution in [3.8, 4) is 11.3 Å². The number of rotatable bonds is 5. The summed E-state index contributed by atoms with van der Waals surface area (Å²) in [5.74, 6) is 5.73. The molecule has 160 valence electrons. The van der Waals surface area contributed by atoms with Crippen molar-refractivity contribution in [1.29, 1.82) is 0 Å². The van der Waals surface area contributed by atoms with Crippen LogP contribution in [0.15, 0.2) is 42.7 Å². The van der Waals surface area contributed by atoms with Crippen molar-refractivity contribution in [2.24, 2.45) is 12.9 Å². The Labute approximate surface area is 179 Å². The van der Waals surface area contributed by atoms with Gasteiger partial charge in [0.05, 0.1) is 24.0 Å². The van der Waals surface area contributed by atoms with E-state index in [0.717, 1.165) is 5.39 Å². The van der Waals surface area contributed by atoms with Gasteiger partial charge < -0.3 is 5.73 Å². The Hall–Kier alpha value is -3.16. The summed E-state index contributed by atoms with van der Waals surface area (Å²) in [5.41, 5.74) is 7.88. The van der Waals surface area contributed by atoms with Gasteiger partial charge in [-0.05, 0) is 25.5 Å². The average Bonchev–Trinajstić information content (AvgIpc) is 3.06. The van der Waals surface area contributed by atoms with E-state index in [9.17, 15) is 8.78 Å². The van der Waals surface area contributed by atoms with Crippen LogP contribution >= 0.6 is 7.92 Å². The maximum atomic E-state index is 14.6. The number of anilines is 2. The fourth-order valence-electron chi connectivity index (χ4n) is 3.36. The number of nitrogen functional groups attached to an aromatic ring is 1. The number of hydrazine groups is 1. The number of hydrogen-bond donors (Lipinski definition) is 2. The summed E-state index contributed by atoms with van der Waals surface area (Å²) < 4.78 is 30.6. The van der Waals surface area contributed by atoms with Gasteiger partial charge in [0, 0.05) is 41.1 Å². The van der Waals surface area contributed by atoms with Crippen LogP contribution in [0.3, 0.4) is 0 Å². The molecular formula is C21H22F2N7P. The molecule has 0 aliphatic heterocycles. The summed E-state index contributed by atoms with van der Waals surface area (Å²) in [5, 5.41) is 6.90. The smallest absolute Gasteiger partial charge is 0.186 e. The van der Waals surface area contributed by atoms with Crippen molar-refractivity contribution < 1.29 is 8.78 Å². The molecule has 2 aromatic heterocycles. The Morgan fingerprint density at radius 2 is 1.90 bits per heavy atom. The Bertz CT molecular complexity index is 1270. The highest BCUT2D eigenvalue weighted by Crippen LogP contribution is 2.29. The van der Waals surface area contributed by atoms with E-state index in [-0.39, 0.29) is 24.0 Å². The van der Waals surface area contributed by atoms with E-state index in [4.69, 9.17) is 11.6 Å². The number of halogens is 2. The second-order valence-corrected chi connectivity index (χ2v) is 9.73. The van der Waals surface area contributed by atoms with Crippen LogP contribution in [0.2, 0.25) is 0 Å². The Balaban J connectivity index is 1.65. The molecule has 0 radical (unpaired) electrons. The van der Waals surface area contributed by atoms with Crippen LogP contribution in [0.1, 0.15) is 5.56 Å². The maximum absolute atomic E-state index is 14.6. The second-order valence-electron chi connectivity index (χ2n) is 7.46. The third-order valence-corrected chi connectivity index (χ3v) is 6.23. The highest BCUT2D eigenvalue weighted by Gasteiger charge is 2.16. The van der Waals surface area contributed by atoms with Gasteiger partial charge in [0.25, 0.3) is 0 Å². The summed E-state index contributed by atoms with van der Waals surface area (Å²) >= 11 is 0. The van der Waals surface area contributed by atoms with Crippen molar-refractivity contribution in [3.63, 3.8) is 0 Å². The van der Waals surface area contributed by atoms with Gasteiger partial charge in [-0.15, -0.1) is 0 Å². The van der Waals surface area contributed by atoms with Gasteiger partial charge in [-0.3, -0.25) is 9.69 Å². The van der Waals surface area contributed by atoms with Gasteiger partial charge in [-0.2, -0.15) is 5.10 Å². The topological polar surface area (TPSA) is 98.9 Å². The summed E-state index contributed by atoms with van der Waals surface area (Å²) in [6, 6.07) is 8.03. The number of nitrogens with zero attached hydrogens (tertiary/aromatic N) is 5. The number of nitrogens with two attached hydrogens (primary N) is 2. The molecule has 2 heterocycles. The van der Waals surface area contributed by atoms with Crippen LogP contribution in [-0.2, 0) is 13.6 Å². The van der Waals surface area contributed by atoms with Crippen LogP contribution in [0.25, 0.3) is 22.2 Å². The highest BCUT2D eigenvalue weighted by molar-refractivity contribution is 7.64. The molecule has 4 aromatic rings. The fraction of sp³-hybridized carbons (Fsp3) is 0.190. The minimum Gasteiger partial charge on any atom is -0.381 e. The lowest BCUT2D eigenvalue weighted by Gasteiger charge is -2.20. The molecule has 0 atom stereocenters. The number of hydrogen-bond acceptors (Lipinski definition) is 6. The molecule has 0 aliphatic rings. The first-order chi connectivity index (χ1) is 14.7. The molecule has 2 aromatic carbocycles. The first kappa shape index (κ1) is 21.1. The van der Waals surface area contributed by atoms with Crippen molar-refractivity contribution in [1.82, 2.24) is 19.7 Å².